The summed E-state index contributed by atoms with van der Waals surface area (Å²) in [5.41, 5.74) is 2.58. The molecule has 2 heterocycles. The molecule has 0 saturated carbocycles. The Balaban J connectivity index is 1.79. The predicted molar refractivity (Wildman–Crippen MR) is 88.3 cm³/mol. The lowest BCUT2D eigenvalue weighted by Crippen LogP contribution is -2.35. The van der Waals surface area contributed by atoms with Crippen molar-refractivity contribution in [1.82, 2.24) is 0 Å². The Morgan fingerprint density at radius 2 is 1.88 bits per heavy atom. The summed E-state index contributed by atoms with van der Waals surface area (Å²) in [6.07, 6.45) is -0.771. The van der Waals surface area contributed by atoms with Crippen molar-refractivity contribution in [3.63, 3.8) is 0 Å². The molecule has 126 valence electrons. The molecule has 7 heteroatoms. The van der Waals surface area contributed by atoms with Crippen LogP contribution in [0.4, 0.5) is 11.4 Å². The maximum absolute atomic E-state index is 12.5. The van der Waals surface area contributed by atoms with Gasteiger partial charge in [0.2, 0.25) is 0 Å². The van der Waals surface area contributed by atoms with Gasteiger partial charge in [0, 0.05) is 12.6 Å². The van der Waals surface area contributed by atoms with Crippen molar-refractivity contribution in [1.29, 1.82) is 0 Å². The van der Waals surface area contributed by atoms with Gasteiger partial charge in [0.05, 0.1) is 29.6 Å². The molecule has 2 aromatic carbocycles. The molecule has 0 N–H and O–H groups in total. The molecule has 1 unspecified atom stereocenters. The number of anilines is 2. The highest BCUT2D eigenvalue weighted by molar-refractivity contribution is 6.52. The number of hydrogen-bond donors (Lipinski definition) is 0. The highest BCUT2D eigenvalue weighted by Gasteiger charge is 2.44. The summed E-state index contributed by atoms with van der Waals surface area (Å²) in [7, 11) is 2.98. The van der Waals surface area contributed by atoms with E-state index in [1.54, 1.807) is 49.5 Å². The van der Waals surface area contributed by atoms with Crippen LogP contribution in [0.2, 0.25) is 0 Å². The first-order valence-corrected chi connectivity index (χ1v) is 7.62. The average molecular weight is 338 g/mol. The summed E-state index contributed by atoms with van der Waals surface area (Å²) in [4.78, 5) is 43.6. The minimum atomic E-state index is -0.771. The quantitative estimate of drug-likeness (QED) is 0.616. The van der Waals surface area contributed by atoms with Crippen molar-refractivity contribution in [2.45, 2.75) is 6.23 Å². The number of esters is 1. The molecule has 2 aliphatic heterocycles. The monoisotopic (exact) mass is 338 g/mol. The third kappa shape index (κ3) is 2.13. The van der Waals surface area contributed by atoms with E-state index in [-0.39, 0.29) is 0 Å². The van der Waals surface area contributed by atoms with Crippen LogP contribution >= 0.6 is 0 Å². The van der Waals surface area contributed by atoms with Crippen LogP contribution in [0.25, 0.3) is 0 Å². The van der Waals surface area contributed by atoms with Gasteiger partial charge in [0.25, 0.3) is 5.78 Å². The number of rotatable bonds is 2. The lowest BCUT2D eigenvalue weighted by molar-refractivity contribution is -0.116. The molecular formula is C18H14N2O5. The van der Waals surface area contributed by atoms with Crippen LogP contribution in [0.1, 0.15) is 32.5 Å². The standard InChI is InChI=1S/C18H14N2O5/c1-19-14-9-10(18(23)24-2)7-8-12(14)17(25-19)20-13-6-4-3-5-11(13)15(21)16(20)22/h3-9,17H,1-2H3. The Kier molecular flexibility index (Phi) is 3.33. The van der Waals surface area contributed by atoms with Gasteiger partial charge in [-0.1, -0.05) is 18.2 Å². The third-order valence-electron chi connectivity index (χ3n) is 4.37. The average Bonchev–Trinajstić information content (AvgIpc) is 3.09. The minimum absolute atomic E-state index is 0.360. The highest BCUT2D eigenvalue weighted by Crippen LogP contribution is 2.44. The number of nitrogens with zero attached hydrogens (tertiary/aromatic N) is 2. The summed E-state index contributed by atoms with van der Waals surface area (Å²) in [6, 6.07) is 11.7. The SMILES string of the molecule is COC(=O)c1ccc2c(c1)N(C)OC2N1C(=O)C(=O)c2ccccc21. The van der Waals surface area contributed by atoms with Crippen LogP contribution in [-0.2, 0) is 14.4 Å². The second kappa shape index (κ2) is 5.42. The summed E-state index contributed by atoms with van der Waals surface area (Å²) in [5, 5.41) is 1.48. The van der Waals surface area contributed by atoms with Crippen LogP contribution < -0.4 is 9.96 Å². The van der Waals surface area contributed by atoms with Crippen molar-refractivity contribution >= 4 is 29.0 Å². The van der Waals surface area contributed by atoms with Gasteiger partial charge < -0.3 is 4.74 Å². The zero-order valence-electron chi connectivity index (χ0n) is 13.6. The zero-order valence-corrected chi connectivity index (χ0v) is 13.6. The summed E-state index contributed by atoms with van der Waals surface area (Å²) in [6.45, 7) is 0. The van der Waals surface area contributed by atoms with E-state index in [1.165, 1.54) is 17.1 Å². The first kappa shape index (κ1) is 15.3. The van der Waals surface area contributed by atoms with E-state index in [1.807, 2.05) is 0 Å². The van der Waals surface area contributed by atoms with Gasteiger partial charge in [-0.05, 0) is 24.3 Å². The molecule has 2 aliphatic rings. The summed E-state index contributed by atoms with van der Waals surface area (Å²) >= 11 is 0. The van der Waals surface area contributed by atoms with Gasteiger partial charge in [-0.25, -0.2) is 9.63 Å². The Morgan fingerprint density at radius 1 is 1.12 bits per heavy atom. The van der Waals surface area contributed by atoms with Crippen LogP contribution in [0, 0.1) is 0 Å². The smallest absolute Gasteiger partial charge is 0.337 e. The molecule has 0 aromatic heterocycles. The number of methoxy groups -OCH3 is 1. The van der Waals surface area contributed by atoms with Crippen molar-refractivity contribution < 1.29 is 24.0 Å². The largest absolute Gasteiger partial charge is 0.465 e. The second-order valence-corrected chi connectivity index (χ2v) is 5.74. The number of fused-ring (bicyclic) bond motifs is 2. The number of ether oxygens (including phenoxy) is 1. The molecule has 4 rings (SSSR count). The number of carbonyl (C=O) groups is 3. The minimum Gasteiger partial charge on any atom is -0.465 e. The molecule has 1 amide bonds. The van der Waals surface area contributed by atoms with Crippen molar-refractivity contribution in [2.75, 3.05) is 24.1 Å². The Hall–Kier alpha value is -3.19. The van der Waals surface area contributed by atoms with Crippen LogP contribution in [0.5, 0.6) is 0 Å². The molecule has 0 aliphatic carbocycles. The topological polar surface area (TPSA) is 76.2 Å². The van der Waals surface area contributed by atoms with Crippen molar-refractivity contribution in [2.24, 2.45) is 0 Å². The van der Waals surface area contributed by atoms with E-state index >= 15 is 0 Å². The van der Waals surface area contributed by atoms with E-state index in [4.69, 9.17) is 9.57 Å². The summed E-state index contributed by atoms with van der Waals surface area (Å²) < 4.78 is 4.73. The number of para-hydroxylation sites is 1. The van der Waals surface area contributed by atoms with E-state index in [0.717, 1.165) is 0 Å². The molecule has 1 atom stereocenters. The third-order valence-corrected chi connectivity index (χ3v) is 4.37. The number of hydrogen-bond acceptors (Lipinski definition) is 6. The number of ketones is 1. The Morgan fingerprint density at radius 3 is 2.64 bits per heavy atom. The maximum atomic E-state index is 12.5. The number of benzene rings is 2. The lowest BCUT2D eigenvalue weighted by atomic mass is 10.1. The van der Waals surface area contributed by atoms with Gasteiger partial charge in [-0.15, -0.1) is 0 Å². The van der Waals surface area contributed by atoms with Crippen molar-refractivity contribution in [3.05, 3.63) is 59.2 Å². The molecular weight excluding hydrogens is 324 g/mol. The Bertz CT molecular complexity index is 923. The molecule has 7 nitrogen and oxygen atoms in total. The fraction of sp³-hybridized carbons (Fsp3) is 0.167. The maximum Gasteiger partial charge on any atom is 0.337 e. The van der Waals surface area contributed by atoms with Crippen LogP contribution in [0.15, 0.2) is 42.5 Å². The molecule has 0 radical (unpaired) electrons. The van der Waals surface area contributed by atoms with Gasteiger partial charge in [0.1, 0.15) is 0 Å². The van der Waals surface area contributed by atoms with E-state index < -0.39 is 23.9 Å². The van der Waals surface area contributed by atoms with Gasteiger partial charge in [-0.3, -0.25) is 19.6 Å². The first-order chi connectivity index (χ1) is 12.0. The molecule has 0 fully saturated rings. The Labute approximate surface area is 143 Å². The van der Waals surface area contributed by atoms with E-state index in [0.29, 0.717) is 28.1 Å². The lowest BCUT2D eigenvalue weighted by Gasteiger charge is -2.24. The van der Waals surface area contributed by atoms with Crippen molar-refractivity contribution in [3.8, 4) is 0 Å². The second-order valence-electron chi connectivity index (χ2n) is 5.74. The fourth-order valence-electron chi connectivity index (χ4n) is 3.16. The fourth-order valence-corrected chi connectivity index (χ4v) is 3.16. The number of carbonyl (C=O) groups excluding carboxylic acids is 3. The summed E-state index contributed by atoms with van der Waals surface area (Å²) in [5.74, 6) is -1.65. The molecule has 0 bridgehead atoms. The zero-order chi connectivity index (χ0) is 17.7. The van der Waals surface area contributed by atoms with E-state index in [2.05, 4.69) is 0 Å². The molecule has 25 heavy (non-hydrogen) atoms. The first-order valence-electron chi connectivity index (χ1n) is 7.62. The van der Waals surface area contributed by atoms with Gasteiger partial charge in [-0.2, -0.15) is 0 Å². The van der Waals surface area contributed by atoms with E-state index in [9.17, 15) is 14.4 Å². The number of hydroxylamine groups is 1. The molecule has 2 aromatic rings. The van der Waals surface area contributed by atoms with Gasteiger partial charge >= 0.3 is 11.9 Å². The van der Waals surface area contributed by atoms with Crippen LogP contribution in [0.3, 0.4) is 0 Å². The number of amides is 1. The number of Topliss-reactive ketones (excluding diaryl/α,β-unsaturated/α-hetero) is 1. The van der Waals surface area contributed by atoms with Gasteiger partial charge in [0.15, 0.2) is 6.23 Å². The molecule has 0 spiro atoms. The van der Waals surface area contributed by atoms with Crippen LogP contribution in [-0.4, -0.2) is 31.8 Å². The highest BCUT2D eigenvalue weighted by atomic mass is 16.7. The predicted octanol–water partition coefficient (Wildman–Crippen LogP) is 2.08. The molecule has 0 saturated heterocycles. The normalized spacial score (nSPS) is 18.4.